The average molecular weight is 290 g/mol. The fraction of sp³-hybridized carbons (Fsp3) is 0.923. The van der Waals surface area contributed by atoms with Gasteiger partial charge in [-0.25, -0.2) is 8.42 Å². The highest BCUT2D eigenvalue weighted by Crippen LogP contribution is 2.23. The molecule has 19 heavy (non-hydrogen) atoms. The molecule has 0 aliphatic carbocycles. The quantitative estimate of drug-likeness (QED) is 0.744. The number of nitrogens with zero attached hydrogens (tertiary/aromatic N) is 2. The van der Waals surface area contributed by atoms with E-state index < -0.39 is 9.84 Å². The van der Waals surface area contributed by atoms with Gasteiger partial charge in [0.05, 0.1) is 5.75 Å². The molecule has 1 aliphatic rings. The molecule has 0 aromatic carbocycles. The summed E-state index contributed by atoms with van der Waals surface area (Å²) in [7, 11) is -2.90. The Kier molecular flexibility index (Phi) is 5.38. The van der Waals surface area contributed by atoms with Crippen molar-refractivity contribution in [2.24, 2.45) is 5.41 Å². The molecule has 1 heterocycles. The number of piperazine rings is 1. The average Bonchev–Trinajstić information content (AvgIpc) is 2.35. The largest absolute Gasteiger partial charge is 0.340 e. The molecule has 0 spiro atoms. The molecule has 6 heteroatoms. The second kappa shape index (κ2) is 6.22. The molecule has 0 atom stereocenters. The van der Waals surface area contributed by atoms with Gasteiger partial charge in [-0.15, -0.1) is 0 Å². The molecular weight excluding hydrogens is 264 g/mol. The summed E-state index contributed by atoms with van der Waals surface area (Å²) in [6.45, 7) is 9.48. The van der Waals surface area contributed by atoms with Gasteiger partial charge in [-0.3, -0.25) is 9.69 Å². The molecular formula is C13H26N2O3S. The molecule has 0 saturated carbocycles. The Morgan fingerprint density at radius 3 is 2.11 bits per heavy atom. The molecule has 5 nitrogen and oxygen atoms in total. The van der Waals surface area contributed by atoms with Gasteiger partial charge in [-0.2, -0.15) is 0 Å². The van der Waals surface area contributed by atoms with Gasteiger partial charge in [0.1, 0.15) is 9.84 Å². The maximum atomic E-state index is 12.3. The zero-order valence-corrected chi connectivity index (χ0v) is 13.3. The van der Waals surface area contributed by atoms with E-state index in [9.17, 15) is 13.2 Å². The second-order valence-corrected chi connectivity index (χ2v) is 8.26. The van der Waals surface area contributed by atoms with Gasteiger partial charge in [-0.1, -0.05) is 20.8 Å². The lowest BCUT2D eigenvalue weighted by Gasteiger charge is -2.38. The van der Waals surface area contributed by atoms with Gasteiger partial charge in [0.2, 0.25) is 5.91 Å². The second-order valence-electron chi connectivity index (χ2n) is 6.00. The Hall–Kier alpha value is -0.620. The predicted octanol–water partition coefficient (Wildman–Crippen LogP) is 0.611. The first-order chi connectivity index (χ1) is 8.65. The number of rotatable bonds is 5. The minimum Gasteiger partial charge on any atom is -0.340 e. The van der Waals surface area contributed by atoms with Crippen LogP contribution in [0.4, 0.5) is 0 Å². The van der Waals surface area contributed by atoms with Crippen LogP contribution >= 0.6 is 0 Å². The topological polar surface area (TPSA) is 57.7 Å². The summed E-state index contributed by atoms with van der Waals surface area (Å²) in [5, 5.41) is 0. The fourth-order valence-electron chi connectivity index (χ4n) is 2.05. The summed E-state index contributed by atoms with van der Waals surface area (Å²) < 4.78 is 22.3. The first-order valence-corrected chi connectivity index (χ1v) is 8.91. The van der Waals surface area contributed by atoms with Crippen LogP contribution in [0.1, 0.15) is 27.2 Å². The van der Waals surface area contributed by atoms with Crippen LogP contribution in [0.2, 0.25) is 0 Å². The van der Waals surface area contributed by atoms with Crippen molar-refractivity contribution in [1.82, 2.24) is 9.80 Å². The standard InChI is InChI=1S/C13H26N2O3S/c1-5-13(2,3)12(16)15-8-6-14(7-9-15)10-11-19(4,17)18/h5-11H2,1-4H3. The monoisotopic (exact) mass is 290 g/mol. The summed E-state index contributed by atoms with van der Waals surface area (Å²) in [6.07, 6.45) is 2.09. The molecule has 1 amide bonds. The molecule has 0 aromatic heterocycles. The maximum absolute atomic E-state index is 12.3. The summed E-state index contributed by atoms with van der Waals surface area (Å²) in [6, 6.07) is 0. The SMILES string of the molecule is CCC(C)(C)C(=O)N1CCN(CCS(C)(=O)=O)CC1. The highest BCUT2D eigenvalue weighted by Gasteiger charge is 2.32. The van der Waals surface area contributed by atoms with Crippen LogP contribution in [0.5, 0.6) is 0 Å². The van der Waals surface area contributed by atoms with Crippen LogP contribution in [-0.4, -0.2) is 68.9 Å². The predicted molar refractivity (Wildman–Crippen MR) is 76.8 cm³/mol. The Balaban J connectivity index is 2.43. The molecule has 0 aromatic rings. The van der Waals surface area contributed by atoms with Crippen LogP contribution in [0.15, 0.2) is 0 Å². The van der Waals surface area contributed by atoms with Gasteiger partial charge in [-0.05, 0) is 6.42 Å². The highest BCUT2D eigenvalue weighted by molar-refractivity contribution is 7.90. The lowest BCUT2D eigenvalue weighted by molar-refractivity contribution is -0.142. The van der Waals surface area contributed by atoms with Crippen molar-refractivity contribution in [3.63, 3.8) is 0 Å². The zero-order valence-electron chi connectivity index (χ0n) is 12.5. The van der Waals surface area contributed by atoms with Crippen molar-refractivity contribution in [3.8, 4) is 0 Å². The smallest absolute Gasteiger partial charge is 0.228 e. The molecule has 1 aliphatic heterocycles. The minimum atomic E-state index is -2.90. The third-order valence-electron chi connectivity index (χ3n) is 3.90. The summed E-state index contributed by atoms with van der Waals surface area (Å²) in [5.41, 5.74) is -0.297. The van der Waals surface area contributed by atoms with E-state index in [4.69, 9.17) is 0 Å². The number of amides is 1. The van der Waals surface area contributed by atoms with Gasteiger partial charge >= 0.3 is 0 Å². The number of sulfone groups is 1. The molecule has 1 rings (SSSR count). The van der Waals surface area contributed by atoms with Crippen molar-refractivity contribution in [2.75, 3.05) is 44.7 Å². The molecule has 0 unspecified atom stereocenters. The third kappa shape index (κ3) is 5.10. The molecule has 0 bridgehead atoms. The van der Waals surface area contributed by atoms with Gasteiger partial charge in [0, 0.05) is 44.4 Å². The molecule has 0 N–H and O–H groups in total. The van der Waals surface area contributed by atoms with E-state index in [1.165, 1.54) is 6.26 Å². The Bertz CT molecular complexity index is 410. The van der Waals surface area contributed by atoms with E-state index in [0.29, 0.717) is 19.6 Å². The van der Waals surface area contributed by atoms with E-state index in [1.54, 1.807) is 0 Å². The van der Waals surface area contributed by atoms with Crippen molar-refractivity contribution >= 4 is 15.7 Å². The van der Waals surface area contributed by atoms with E-state index >= 15 is 0 Å². The van der Waals surface area contributed by atoms with Crippen LogP contribution in [0.25, 0.3) is 0 Å². The highest BCUT2D eigenvalue weighted by atomic mass is 32.2. The third-order valence-corrected chi connectivity index (χ3v) is 4.82. The summed E-state index contributed by atoms with van der Waals surface area (Å²) in [4.78, 5) is 16.3. The first-order valence-electron chi connectivity index (χ1n) is 6.85. The van der Waals surface area contributed by atoms with Gasteiger partial charge in [0.25, 0.3) is 0 Å². The van der Waals surface area contributed by atoms with E-state index in [0.717, 1.165) is 19.5 Å². The molecule has 1 saturated heterocycles. The molecule has 112 valence electrons. The fourth-order valence-corrected chi connectivity index (χ4v) is 2.64. The van der Waals surface area contributed by atoms with Crippen molar-refractivity contribution < 1.29 is 13.2 Å². The van der Waals surface area contributed by atoms with Crippen LogP contribution in [0, 0.1) is 5.41 Å². The lowest BCUT2D eigenvalue weighted by Crippen LogP contribution is -2.52. The Morgan fingerprint density at radius 2 is 1.68 bits per heavy atom. The van der Waals surface area contributed by atoms with Crippen molar-refractivity contribution in [2.45, 2.75) is 27.2 Å². The maximum Gasteiger partial charge on any atom is 0.228 e. The molecule has 0 radical (unpaired) electrons. The summed E-state index contributed by atoms with van der Waals surface area (Å²) >= 11 is 0. The first kappa shape index (κ1) is 16.4. The number of carbonyl (C=O) groups is 1. The Labute approximate surface area is 116 Å². The number of carbonyl (C=O) groups excluding carboxylic acids is 1. The summed E-state index contributed by atoms with van der Waals surface area (Å²) in [5.74, 6) is 0.402. The van der Waals surface area contributed by atoms with Gasteiger partial charge < -0.3 is 4.90 Å². The zero-order chi connectivity index (χ0) is 14.7. The van der Waals surface area contributed by atoms with E-state index in [2.05, 4.69) is 4.90 Å². The lowest BCUT2D eigenvalue weighted by atomic mass is 9.88. The van der Waals surface area contributed by atoms with Crippen LogP contribution < -0.4 is 0 Å². The number of hydrogen-bond donors (Lipinski definition) is 0. The normalized spacial score (nSPS) is 18.6. The van der Waals surface area contributed by atoms with E-state index in [1.807, 2.05) is 25.7 Å². The van der Waals surface area contributed by atoms with Crippen LogP contribution in [-0.2, 0) is 14.6 Å². The van der Waals surface area contributed by atoms with E-state index in [-0.39, 0.29) is 17.1 Å². The molecule has 1 fully saturated rings. The minimum absolute atomic E-state index is 0.196. The van der Waals surface area contributed by atoms with Crippen molar-refractivity contribution in [1.29, 1.82) is 0 Å². The van der Waals surface area contributed by atoms with Crippen LogP contribution in [0.3, 0.4) is 0 Å². The Morgan fingerprint density at radius 1 is 1.16 bits per heavy atom. The van der Waals surface area contributed by atoms with Crippen molar-refractivity contribution in [3.05, 3.63) is 0 Å². The van der Waals surface area contributed by atoms with Gasteiger partial charge in [0.15, 0.2) is 0 Å². The number of hydrogen-bond acceptors (Lipinski definition) is 4.